The molecular weight excluding hydrogens is 274 g/mol. The molecule has 110 valence electrons. The maximum Gasteiger partial charge on any atom is 0.320 e. The predicted molar refractivity (Wildman–Crippen MR) is 72.5 cm³/mol. The van der Waals surface area contributed by atoms with E-state index in [4.69, 9.17) is 4.74 Å². The molecule has 1 heterocycles. The van der Waals surface area contributed by atoms with E-state index in [1.807, 2.05) is 0 Å². The van der Waals surface area contributed by atoms with E-state index in [1.165, 1.54) is 12.1 Å². The lowest BCUT2D eigenvalue weighted by atomic mass is 9.72. The van der Waals surface area contributed by atoms with Crippen molar-refractivity contribution in [2.45, 2.75) is 25.7 Å². The van der Waals surface area contributed by atoms with Crippen molar-refractivity contribution in [1.29, 1.82) is 0 Å². The molecule has 0 unspecified atom stereocenters. The summed E-state index contributed by atoms with van der Waals surface area (Å²) in [6, 6.07) is 6.23. The molecule has 1 aromatic carbocycles. The van der Waals surface area contributed by atoms with Crippen molar-refractivity contribution in [3.63, 3.8) is 0 Å². The Bertz CT molecular complexity index is 599. The fraction of sp³-hybridized carbons (Fsp3) is 0.467. The largest absolute Gasteiger partial charge is 0.465 e. The van der Waals surface area contributed by atoms with Gasteiger partial charge in [-0.15, -0.1) is 0 Å². The molecule has 1 saturated heterocycles. The van der Waals surface area contributed by atoms with E-state index in [-0.39, 0.29) is 24.0 Å². The van der Waals surface area contributed by atoms with Crippen molar-refractivity contribution in [3.8, 4) is 0 Å². The highest BCUT2D eigenvalue weighted by atomic mass is 16.6. The van der Waals surface area contributed by atoms with Crippen molar-refractivity contribution in [1.82, 2.24) is 0 Å². The van der Waals surface area contributed by atoms with E-state index < -0.39 is 16.3 Å². The number of nitro benzene ring substituents is 1. The Morgan fingerprint density at radius 1 is 1.29 bits per heavy atom. The molecule has 0 aromatic heterocycles. The average Bonchev–Trinajstić information content (AvgIpc) is 2.99. The number of carbonyl (C=O) groups excluding carboxylic acids is 2. The summed E-state index contributed by atoms with van der Waals surface area (Å²) in [5.74, 6) is -0.574. The smallest absolute Gasteiger partial charge is 0.320 e. The number of nitrogens with zero attached hydrogens (tertiary/aromatic N) is 1. The third-order valence-corrected chi connectivity index (χ3v) is 4.58. The zero-order chi connectivity index (χ0) is 15.0. The second-order valence-electron chi connectivity index (χ2n) is 5.67. The molecule has 6 heteroatoms. The lowest BCUT2D eigenvalue weighted by molar-refractivity contribution is -0.384. The second-order valence-corrected chi connectivity index (χ2v) is 5.67. The van der Waals surface area contributed by atoms with Gasteiger partial charge < -0.3 is 4.74 Å². The van der Waals surface area contributed by atoms with Gasteiger partial charge in [-0.05, 0) is 24.8 Å². The van der Waals surface area contributed by atoms with Crippen molar-refractivity contribution in [2.24, 2.45) is 11.3 Å². The average molecular weight is 289 g/mol. The number of cyclic esters (lactones) is 1. The van der Waals surface area contributed by atoms with Crippen molar-refractivity contribution < 1.29 is 19.2 Å². The molecule has 2 fully saturated rings. The summed E-state index contributed by atoms with van der Waals surface area (Å²) >= 11 is 0. The number of Topliss-reactive ketones (excluding diaryl/α,β-unsaturated/α-hetero) is 1. The summed E-state index contributed by atoms with van der Waals surface area (Å²) in [5.41, 5.74) is -0.0611. The molecule has 2 atom stereocenters. The number of non-ortho nitro benzene ring substituents is 1. The van der Waals surface area contributed by atoms with Crippen LogP contribution >= 0.6 is 0 Å². The number of benzene rings is 1. The Hall–Kier alpha value is -2.24. The van der Waals surface area contributed by atoms with Gasteiger partial charge in [-0.25, -0.2) is 0 Å². The van der Waals surface area contributed by atoms with E-state index >= 15 is 0 Å². The molecule has 1 aliphatic carbocycles. The quantitative estimate of drug-likeness (QED) is 0.368. The monoisotopic (exact) mass is 289 g/mol. The minimum Gasteiger partial charge on any atom is -0.465 e. The maximum atomic E-state index is 12.2. The molecule has 21 heavy (non-hydrogen) atoms. The fourth-order valence-corrected chi connectivity index (χ4v) is 3.42. The fourth-order valence-electron chi connectivity index (χ4n) is 3.42. The highest BCUT2D eigenvalue weighted by Gasteiger charge is 2.59. The van der Waals surface area contributed by atoms with Crippen LogP contribution in [0, 0.1) is 21.4 Å². The molecule has 0 N–H and O–H groups in total. The minimum atomic E-state index is -0.970. The molecular formula is C15H15NO5. The lowest BCUT2D eigenvalue weighted by Gasteiger charge is -2.24. The summed E-state index contributed by atoms with van der Waals surface area (Å²) in [4.78, 5) is 34.4. The van der Waals surface area contributed by atoms with Crippen LogP contribution in [0.2, 0.25) is 0 Å². The summed E-state index contributed by atoms with van der Waals surface area (Å²) in [7, 11) is 0. The minimum absolute atomic E-state index is 0.0167. The van der Waals surface area contributed by atoms with Crippen LogP contribution in [0.3, 0.4) is 0 Å². The summed E-state index contributed by atoms with van der Waals surface area (Å²) < 4.78 is 5.14. The lowest BCUT2D eigenvalue weighted by Crippen LogP contribution is -2.38. The van der Waals surface area contributed by atoms with Gasteiger partial charge in [0.05, 0.1) is 11.5 Å². The van der Waals surface area contributed by atoms with Crippen molar-refractivity contribution in [3.05, 3.63) is 39.9 Å². The normalized spacial score (nSPS) is 28.1. The number of esters is 1. The number of hydrogen-bond acceptors (Lipinski definition) is 5. The Morgan fingerprint density at radius 2 is 2.00 bits per heavy atom. The van der Waals surface area contributed by atoms with Gasteiger partial charge in [-0.3, -0.25) is 19.7 Å². The first-order valence-electron chi connectivity index (χ1n) is 6.98. The van der Waals surface area contributed by atoms with Crippen LogP contribution in [0.25, 0.3) is 0 Å². The van der Waals surface area contributed by atoms with Gasteiger partial charge >= 0.3 is 5.97 Å². The van der Waals surface area contributed by atoms with Crippen LogP contribution in [-0.2, 0) is 20.7 Å². The number of ether oxygens (including phenoxy) is 1. The first kappa shape index (κ1) is 13.7. The topological polar surface area (TPSA) is 86.5 Å². The number of hydrogen-bond donors (Lipinski definition) is 0. The molecule has 1 spiro atoms. The molecule has 1 aromatic rings. The van der Waals surface area contributed by atoms with E-state index in [9.17, 15) is 19.7 Å². The zero-order valence-electron chi connectivity index (χ0n) is 11.4. The van der Waals surface area contributed by atoms with Crippen LogP contribution in [-0.4, -0.2) is 23.3 Å². The first-order chi connectivity index (χ1) is 10.0. The SMILES string of the molecule is O=C1CCC[C@@]12C(=O)OC[C@H]2Cc1ccc([N+](=O)[O-])cc1. The van der Waals surface area contributed by atoms with Crippen LogP contribution in [0.4, 0.5) is 5.69 Å². The Morgan fingerprint density at radius 3 is 2.57 bits per heavy atom. The number of rotatable bonds is 3. The van der Waals surface area contributed by atoms with Crippen molar-refractivity contribution in [2.75, 3.05) is 6.61 Å². The van der Waals surface area contributed by atoms with Crippen LogP contribution < -0.4 is 0 Å². The van der Waals surface area contributed by atoms with Crippen LogP contribution in [0.1, 0.15) is 24.8 Å². The van der Waals surface area contributed by atoms with E-state index in [2.05, 4.69) is 0 Å². The van der Waals surface area contributed by atoms with Crippen LogP contribution in [0.5, 0.6) is 0 Å². The molecule has 1 saturated carbocycles. The molecule has 1 aliphatic heterocycles. The van der Waals surface area contributed by atoms with Gasteiger partial charge in [0.2, 0.25) is 0 Å². The summed E-state index contributed by atoms with van der Waals surface area (Å²) in [6.07, 6.45) is 2.24. The third-order valence-electron chi connectivity index (χ3n) is 4.58. The summed E-state index contributed by atoms with van der Waals surface area (Å²) in [5, 5.41) is 10.6. The van der Waals surface area contributed by atoms with Crippen molar-refractivity contribution >= 4 is 17.4 Å². The molecule has 6 nitrogen and oxygen atoms in total. The number of nitro groups is 1. The van der Waals surface area contributed by atoms with Crippen LogP contribution in [0.15, 0.2) is 24.3 Å². The van der Waals surface area contributed by atoms with Gasteiger partial charge in [0.15, 0.2) is 5.78 Å². The summed E-state index contributed by atoms with van der Waals surface area (Å²) in [6.45, 7) is 0.252. The maximum absolute atomic E-state index is 12.2. The van der Waals surface area contributed by atoms with E-state index in [1.54, 1.807) is 12.1 Å². The van der Waals surface area contributed by atoms with Gasteiger partial charge in [-0.2, -0.15) is 0 Å². The number of carbonyl (C=O) groups is 2. The number of ketones is 1. The Balaban J connectivity index is 1.82. The molecule has 0 radical (unpaired) electrons. The molecule has 3 rings (SSSR count). The second kappa shape index (κ2) is 4.95. The Kier molecular flexibility index (Phi) is 3.23. The third kappa shape index (κ3) is 2.11. The highest BCUT2D eigenvalue weighted by Crippen LogP contribution is 2.47. The van der Waals surface area contributed by atoms with Gasteiger partial charge in [0.25, 0.3) is 5.69 Å². The highest BCUT2D eigenvalue weighted by molar-refractivity contribution is 6.06. The van der Waals surface area contributed by atoms with Gasteiger partial charge in [0, 0.05) is 24.5 Å². The van der Waals surface area contributed by atoms with E-state index in [0.717, 1.165) is 12.0 Å². The standard InChI is InChI=1S/C15H15NO5/c17-13-2-1-7-15(13)11(9-21-14(15)18)8-10-3-5-12(6-4-10)16(19)20/h3-6,11H,1-2,7-9H2/t11-,15+/m1/s1. The Labute approximate surface area is 121 Å². The predicted octanol–water partition coefficient (Wildman–Crippen LogP) is 2.05. The molecule has 0 amide bonds. The zero-order valence-corrected chi connectivity index (χ0v) is 11.4. The molecule has 2 aliphatic rings. The molecule has 0 bridgehead atoms. The first-order valence-corrected chi connectivity index (χ1v) is 6.98. The van der Waals surface area contributed by atoms with E-state index in [0.29, 0.717) is 19.3 Å². The van der Waals surface area contributed by atoms with Gasteiger partial charge in [0.1, 0.15) is 5.41 Å². The van der Waals surface area contributed by atoms with Gasteiger partial charge in [-0.1, -0.05) is 12.1 Å².